The molecule has 0 saturated heterocycles. The summed E-state index contributed by atoms with van der Waals surface area (Å²) < 4.78 is 10.2. The summed E-state index contributed by atoms with van der Waals surface area (Å²) in [7, 11) is 3.79. The summed E-state index contributed by atoms with van der Waals surface area (Å²) >= 11 is 5.66. The van der Waals surface area contributed by atoms with Crippen LogP contribution in [-0.4, -0.2) is 45.3 Å². The molecule has 1 aromatic rings. The maximum Gasteiger partial charge on any atom is 0.193 e. The molecule has 0 spiro atoms. The number of rotatable bonds is 8. The van der Waals surface area contributed by atoms with Gasteiger partial charge >= 0.3 is 0 Å². The highest BCUT2D eigenvalue weighted by Crippen LogP contribution is 2.12. The average molecular weight is 247 g/mol. The Kier molecular flexibility index (Phi) is 6.49. The molecule has 0 unspecified atom stereocenters. The quantitative estimate of drug-likeness (QED) is 0.707. The van der Waals surface area contributed by atoms with Gasteiger partial charge < -0.3 is 19.4 Å². The maximum absolute atomic E-state index is 5.66. The first kappa shape index (κ1) is 13.5. The van der Waals surface area contributed by atoms with Crippen molar-refractivity contribution in [3.8, 4) is 0 Å². The SMILES string of the molecule is COCCN(C)CCNCc1ccc(Cl)o1. The second kappa shape index (κ2) is 7.68. The van der Waals surface area contributed by atoms with Crippen molar-refractivity contribution in [1.29, 1.82) is 0 Å². The molecule has 0 aliphatic heterocycles. The Bertz CT molecular complexity index is 291. The van der Waals surface area contributed by atoms with Gasteiger partial charge in [-0.2, -0.15) is 0 Å². The number of likely N-dealkylation sites (N-methyl/N-ethyl adjacent to an activating group) is 1. The highest BCUT2D eigenvalue weighted by molar-refractivity contribution is 6.28. The molecular formula is C11H19ClN2O2. The number of nitrogens with one attached hydrogen (secondary N) is 1. The van der Waals surface area contributed by atoms with Crippen LogP contribution in [0, 0.1) is 0 Å². The van der Waals surface area contributed by atoms with Gasteiger partial charge in [0.2, 0.25) is 0 Å². The van der Waals surface area contributed by atoms with E-state index in [-0.39, 0.29) is 0 Å². The third-order valence-electron chi connectivity index (χ3n) is 2.28. The predicted octanol–water partition coefficient (Wildman–Crippen LogP) is 1.60. The summed E-state index contributed by atoms with van der Waals surface area (Å²) in [6.07, 6.45) is 0. The Morgan fingerprint density at radius 3 is 2.88 bits per heavy atom. The van der Waals surface area contributed by atoms with Crippen LogP contribution in [0.3, 0.4) is 0 Å². The number of nitrogens with zero attached hydrogens (tertiary/aromatic N) is 1. The molecule has 0 bridgehead atoms. The fraction of sp³-hybridized carbons (Fsp3) is 0.636. The van der Waals surface area contributed by atoms with E-state index in [2.05, 4.69) is 17.3 Å². The molecule has 0 amide bonds. The topological polar surface area (TPSA) is 37.6 Å². The van der Waals surface area contributed by atoms with E-state index in [1.807, 2.05) is 6.07 Å². The van der Waals surface area contributed by atoms with Gasteiger partial charge in [-0.25, -0.2) is 0 Å². The minimum absolute atomic E-state index is 0.439. The van der Waals surface area contributed by atoms with Gasteiger partial charge in [0.15, 0.2) is 5.22 Å². The molecule has 16 heavy (non-hydrogen) atoms. The molecule has 1 rings (SSSR count). The van der Waals surface area contributed by atoms with E-state index in [0.717, 1.165) is 32.0 Å². The first-order chi connectivity index (χ1) is 7.72. The fourth-order valence-corrected chi connectivity index (χ4v) is 1.45. The second-order valence-electron chi connectivity index (χ2n) is 3.68. The number of halogens is 1. The zero-order chi connectivity index (χ0) is 11.8. The van der Waals surface area contributed by atoms with E-state index in [0.29, 0.717) is 11.8 Å². The Hall–Kier alpha value is -0.550. The molecule has 0 fully saturated rings. The van der Waals surface area contributed by atoms with E-state index >= 15 is 0 Å². The molecular weight excluding hydrogens is 228 g/mol. The van der Waals surface area contributed by atoms with Crippen LogP contribution in [0.4, 0.5) is 0 Å². The molecule has 0 saturated carbocycles. The van der Waals surface area contributed by atoms with Crippen LogP contribution < -0.4 is 5.32 Å². The molecule has 4 nitrogen and oxygen atoms in total. The Morgan fingerprint density at radius 2 is 2.25 bits per heavy atom. The van der Waals surface area contributed by atoms with Gasteiger partial charge in [0, 0.05) is 26.7 Å². The number of furan rings is 1. The number of methoxy groups -OCH3 is 1. The number of hydrogen-bond donors (Lipinski definition) is 1. The van der Waals surface area contributed by atoms with Crippen molar-refractivity contribution in [2.75, 3.05) is 40.4 Å². The molecule has 0 aliphatic rings. The molecule has 1 aromatic heterocycles. The third kappa shape index (κ3) is 5.51. The third-order valence-corrected chi connectivity index (χ3v) is 2.48. The molecule has 1 N–H and O–H groups in total. The maximum atomic E-state index is 5.66. The number of ether oxygens (including phenoxy) is 1. The minimum atomic E-state index is 0.439. The van der Waals surface area contributed by atoms with Crippen molar-refractivity contribution < 1.29 is 9.15 Å². The highest BCUT2D eigenvalue weighted by Gasteiger charge is 2.00. The normalized spacial score (nSPS) is 11.2. The van der Waals surface area contributed by atoms with Crippen molar-refractivity contribution in [2.24, 2.45) is 0 Å². The van der Waals surface area contributed by atoms with Crippen LogP contribution in [0.15, 0.2) is 16.5 Å². The van der Waals surface area contributed by atoms with Crippen LogP contribution in [-0.2, 0) is 11.3 Å². The van der Waals surface area contributed by atoms with Gasteiger partial charge in [-0.05, 0) is 30.8 Å². The Balaban J connectivity index is 2.03. The van der Waals surface area contributed by atoms with Gasteiger partial charge in [0.05, 0.1) is 13.2 Å². The highest BCUT2D eigenvalue weighted by atomic mass is 35.5. The standard InChI is InChI=1S/C11H19ClN2O2/c1-14(7-8-15-2)6-5-13-9-10-3-4-11(12)16-10/h3-4,13H,5-9H2,1-2H3. The van der Waals surface area contributed by atoms with Crippen LogP contribution in [0.5, 0.6) is 0 Å². The van der Waals surface area contributed by atoms with Gasteiger partial charge in [0.1, 0.15) is 5.76 Å². The summed E-state index contributed by atoms with van der Waals surface area (Å²) in [6, 6.07) is 3.63. The predicted molar refractivity (Wildman–Crippen MR) is 64.8 cm³/mol. The summed E-state index contributed by atoms with van der Waals surface area (Å²) in [6.45, 7) is 4.33. The Morgan fingerprint density at radius 1 is 1.44 bits per heavy atom. The van der Waals surface area contributed by atoms with Gasteiger partial charge in [-0.1, -0.05) is 0 Å². The molecule has 92 valence electrons. The minimum Gasteiger partial charge on any atom is -0.448 e. The van der Waals surface area contributed by atoms with Crippen molar-refractivity contribution in [3.63, 3.8) is 0 Å². The van der Waals surface area contributed by atoms with E-state index in [9.17, 15) is 0 Å². The van der Waals surface area contributed by atoms with Crippen LogP contribution in [0.25, 0.3) is 0 Å². The van der Waals surface area contributed by atoms with E-state index in [1.165, 1.54) is 0 Å². The first-order valence-corrected chi connectivity index (χ1v) is 5.72. The van der Waals surface area contributed by atoms with Crippen molar-refractivity contribution in [2.45, 2.75) is 6.54 Å². The number of hydrogen-bond acceptors (Lipinski definition) is 4. The van der Waals surface area contributed by atoms with E-state index in [4.69, 9.17) is 20.8 Å². The lowest BCUT2D eigenvalue weighted by Gasteiger charge is -2.15. The van der Waals surface area contributed by atoms with Crippen molar-refractivity contribution in [3.05, 3.63) is 23.1 Å². The second-order valence-corrected chi connectivity index (χ2v) is 4.05. The first-order valence-electron chi connectivity index (χ1n) is 5.35. The zero-order valence-corrected chi connectivity index (χ0v) is 10.6. The van der Waals surface area contributed by atoms with E-state index < -0.39 is 0 Å². The summed E-state index contributed by atoms with van der Waals surface area (Å²) in [4.78, 5) is 2.21. The Labute approximate surface area is 102 Å². The lowest BCUT2D eigenvalue weighted by atomic mass is 10.4. The van der Waals surface area contributed by atoms with Crippen LogP contribution >= 0.6 is 11.6 Å². The summed E-state index contributed by atoms with van der Waals surface area (Å²) in [5.74, 6) is 0.865. The zero-order valence-electron chi connectivity index (χ0n) is 9.83. The monoisotopic (exact) mass is 246 g/mol. The molecule has 0 radical (unpaired) electrons. The van der Waals surface area contributed by atoms with Crippen LogP contribution in [0.2, 0.25) is 5.22 Å². The molecule has 0 aromatic carbocycles. The van der Waals surface area contributed by atoms with Gasteiger partial charge in [-0.3, -0.25) is 0 Å². The largest absolute Gasteiger partial charge is 0.448 e. The smallest absolute Gasteiger partial charge is 0.193 e. The lowest BCUT2D eigenvalue weighted by molar-refractivity contribution is 0.161. The molecule has 0 aliphatic carbocycles. The fourth-order valence-electron chi connectivity index (χ4n) is 1.29. The van der Waals surface area contributed by atoms with Crippen LogP contribution in [0.1, 0.15) is 5.76 Å². The molecule has 5 heteroatoms. The summed E-state index contributed by atoms with van der Waals surface area (Å²) in [5, 5.41) is 3.73. The van der Waals surface area contributed by atoms with Crippen molar-refractivity contribution in [1.82, 2.24) is 10.2 Å². The molecule has 0 atom stereocenters. The molecule has 1 heterocycles. The summed E-state index contributed by atoms with van der Waals surface area (Å²) in [5.41, 5.74) is 0. The van der Waals surface area contributed by atoms with Gasteiger partial charge in [0.25, 0.3) is 0 Å². The van der Waals surface area contributed by atoms with Crippen molar-refractivity contribution >= 4 is 11.6 Å². The average Bonchev–Trinajstić information content (AvgIpc) is 2.67. The van der Waals surface area contributed by atoms with E-state index in [1.54, 1.807) is 13.2 Å². The lowest BCUT2D eigenvalue weighted by Crippen LogP contribution is -2.31. The van der Waals surface area contributed by atoms with Gasteiger partial charge in [-0.15, -0.1) is 0 Å².